The van der Waals surface area contributed by atoms with E-state index < -0.39 is 8.80 Å². The molecule has 1 N–H and O–H groups in total. The Bertz CT molecular complexity index is 814. The van der Waals surface area contributed by atoms with Gasteiger partial charge in [-0.25, -0.2) is 0 Å². The molecule has 2 heterocycles. The van der Waals surface area contributed by atoms with Crippen molar-refractivity contribution < 1.29 is 22.9 Å². The van der Waals surface area contributed by atoms with Crippen LogP contribution in [0.15, 0.2) is 6.07 Å². The molecule has 1 atom stereocenters. The zero-order chi connectivity index (χ0) is 18.9. The molecule has 1 aromatic carbocycles. The number of amides is 2. The highest BCUT2D eigenvalue weighted by molar-refractivity contribution is 7.78. The number of imide groups is 1. The summed E-state index contributed by atoms with van der Waals surface area (Å²) >= 11 is 0. The first-order chi connectivity index (χ1) is 12.5. The average molecular weight is 414 g/mol. The normalized spacial score (nSPS) is 15.5. The summed E-state index contributed by atoms with van der Waals surface area (Å²) in [6.07, 6.45) is 0.696. The Balaban J connectivity index is 2.24. The number of hydrogen-bond acceptors (Lipinski definition) is 7. The Morgan fingerprint density at radius 1 is 1.00 bits per heavy atom. The summed E-state index contributed by atoms with van der Waals surface area (Å²) in [5.41, 5.74) is 1.57. The smallest absolute Gasteiger partial charge is 0.373 e. The standard InChI is InChI=1S/C17H23NO5S2Si/c1-5-12(26(21-6-2,22-7-3)23-8-4)14-13-10(16(19)18-17(13)20)9-11-15(14)25-24-11/h9,12H,5-8H2,1-4H3,(H,18,19,20). The molecule has 3 rings (SSSR count). The van der Waals surface area contributed by atoms with Crippen molar-refractivity contribution in [1.82, 2.24) is 5.32 Å². The van der Waals surface area contributed by atoms with Crippen molar-refractivity contribution in [2.75, 3.05) is 19.8 Å². The second-order valence-electron chi connectivity index (χ2n) is 5.85. The van der Waals surface area contributed by atoms with E-state index in [4.69, 9.17) is 13.3 Å². The number of rotatable bonds is 9. The van der Waals surface area contributed by atoms with Crippen molar-refractivity contribution in [3.8, 4) is 0 Å². The van der Waals surface area contributed by atoms with E-state index >= 15 is 0 Å². The van der Waals surface area contributed by atoms with Crippen molar-refractivity contribution in [3.63, 3.8) is 0 Å². The molecule has 0 fully saturated rings. The van der Waals surface area contributed by atoms with Gasteiger partial charge in [-0.05, 0) is 38.8 Å². The predicted molar refractivity (Wildman–Crippen MR) is 105 cm³/mol. The molecule has 0 spiro atoms. The third-order valence-electron chi connectivity index (χ3n) is 4.42. The summed E-state index contributed by atoms with van der Waals surface area (Å²) in [5.74, 6) is -0.677. The summed E-state index contributed by atoms with van der Waals surface area (Å²) in [4.78, 5) is 24.8. The van der Waals surface area contributed by atoms with Gasteiger partial charge in [0.15, 0.2) is 0 Å². The Morgan fingerprint density at radius 3 is 2.08 bits per heavy atom. The van der Waals surface area contributed by atoms with Gasteiger partial charge in [0, 0.05) is 19.8 Å². The fourth-order valence-corrected chi connectivity index (χ4v) is 8.95. The molecule has 1 aromatic heterocycles. The van der Waals surface area contributed by atoms with Crippen LogP contribution in [0.5, 0.6) is 0 Å². The maximum atomic E-state index is 12.6. The molecule has 142 valence electrons. The number of benzene rings is 1. The van der Waals surface area contributed by atoms with E-state index in [9.17, 15) is 9.59 Å². The molecule has 1 aliphatic heterocycles. The van der Waals surface area contributed by atoms with Crippen LogP contribution in [0.2, 0.25) is 0 Å². The quantitative estimate of drug-likeness (QED) is 0.383. The third kappa shape index (κ3) is 3.06. The molecule has 0 bridgehead atoms. The maximum absolute atomic E-state index is 12.6. The van der Waals surface area contributed by atoms with Crippen molar-refractivity contribution in [2.24, 2.45) is 0 Å². The molecule has 0 aliphatic carbocycles. The second-order valence-corrected chi connectivity index (χ2v) is 10.8. The van der Waals surface area contributed by atoms with Crippen molar-refractivity contribution in [2.45, 2.75) is 39.7 Å². The fraction of sp³-hybridized carbons (Fsp3) is 0.529. The van der Waals surface area contributed by atoms with E-state index in [2.05, 4.69) is 5.32 Å². The topological polar surface area (TPSA) is 73.9 Å². The van der Waals surface area contributed by atoms with Gasteiger partial charge in [0.2, 0.25) is 0 Å². The van der Waals surface area contributed by atoms with Crippen LogP contribution in [0, 0.1) is 0 Å². The van der Waals surface area contributed by atoms with Crippen LogP contribution in [0.25, 0.3) is 9.40 Å². The first-order valence-corrected chi connectivity index (χ1v) is 12.8. The van der Waals surface area contributed by atoms with E-state index in [1.54, 1.807) is 20.7 Å². The number of nitrogens with one attached hydrogen (secondary N) is 1. The van der Waals surface area contributed by atoms with Gasteiger partial charge in [-0.15, -0.1) is 0 Å². The van der Waals surface area contributed by atoms with Crippen LogP contribution in [0.3, 0.4) is 0 Å². The van der Waals surface area contributed by atoms with Gasteiger partial charge >= 0.3 is 8.80 Å². The molecule has 26 heavy (non-hydrogen) atoms. The van der Waals surface area contributed by atoms with Gasteiger partial charge in [-0.3, -0.25) is 14.9 Å². The zero-order valence-electron chi connectivity index (χ0n) is 15.3. The Kier molecular flexibility index (Phi) is 5.95. The average Bonchev–Trinajstić information content (AvgIpc) is 2.85. The summed E-state index contributed by atoms with van der Waals surface area (Å²) < 4.78 is 20.4. The number of hydrogen-bond donors (Lipinski definition) is 1. The maximum Gasteiger partial charge on any atom is 0.508 e. The van der Waals surface area contributed by atoms with Gasteiger partial charge in [0.1, 0.15) is 0 Å². The third-order valence-corrected chi connectivity index (χ3v) is 10.6. The van der Waals surface area contributed by atoms with Crippen LogP contribution in [-0.2, 0) is 13.3 Å². The molecule has 2 amide bonds. The van der Waals surface area contributed by atoms with Crippen LogP contribution in [0.4, 0.5) is 0 Å². The lowest BCUT2D eigenvalue weighted by Crippen LogP contribution is -2.52. The van der Waals surface area contributed by atoms with Crippen molar-refractivity contribution in [3.05, 3.63) is 22.8 Å². The zero-order valence-corrected chi connectivity index (χ0v) is 18.0. The van der Waals surface area contributed by atoms with Crippen LogP contribution in [0.1, 0.15) is 65.9 Å². The van der Waals surface area contributed by atoms with Gasteiger partial charge < -0.3 is 13.3 Å². The fourth-order valence-electron chi connectivity index (χ4n) is 3.51. The molecule has 6 nitrogen and oxygen atoms in total. The summed E-state index contributed by atoms with van der Waals surface area (Å²) in [6, 6.07) is 1.81. The highest BCUT2D eigenvalue weighted by atomic mass is 32.9. The van der Waals surface area contributed by atoms with Gasteiger partial charge in [-0.1, -0.05) is 27.6 Å². The van der Waals surface area contributed by atoms with Crippen LogP contribution >= 0.6 is 20.7 Å². The highest BCUT2D eigenvalue weighted by Gasteiger charge is 2.52. The van der Waals surface area contributed by atoms with E-state index in [-0.39, 0.29) is 17.4 Å². The largest absolute Gasteiger partial charge is 0.508 e. The van der Waals surface area contributed by atoms with Gasteiger partial charge in [-0.2, -0.15) is 0 Å². The van der Waals surface area contributed by atoms with E-state index in [1.807, 2.05) is 33.8 Å². The van der Waals surface area contributed by atoms with Crippen molar-refractivity contribution >= 4 is 50.7 Å². The molecule has 0 saturated carbocycles. The monoisotopic (exact) mass is 413 g/mol. The first kappa shape index (κ1) is 19.7. The molecule has 0 saturated heterocycles. The van der Waals surface area contributed by atoms with Gasteiger partial charge in [0.25, 0.3) is 11.8 Å². The summed E-state index contributed by atoms with van der Waals surface area (Å²) in [5, 5.41) is 2.43. The van der Waals surface area contributed by atoms with Crippen LogP contribution < -0.4 is 5.32 Å². The molecule has 2 aromatic rings. The molecule has 1 unspecified atom stereocenters. The Morgan fingerprint density at radius 2 is 1.62 bits per heavy atom. The lowest BCUT2D eigenvalue weighted by Gasteiger charge is -2.36. The molecule has 9 heteroatoms. The van der Waals surface area contributed by atoms with Crippen molar-refractivity contribution in [1.29, 1.82) is 0 Å². The van der Waals surface area contributed by atoms with E-state index in [0.717, 1.165) is 15.0 Å². The number of carbonyl (C=O) groups is 2. The Hall–Kier alpha value is -1.10. The van der Waals surface area contributed by atoms with Gasteiger partial charge in [0.05, 0.1) is 26.1 Å². The summed E-state index contributed by atoms with van der Waals surface area (Å²) in [7, 11) is 0.138. The predicted octanol–water partition coefficient (Wildman–Crippen LogP) is 3.93. The second kappa shape index (κ2) is 7.87. The van der Waals surface area contributed by atoms with Crippen LogP contribution in [-0.4, -0.2) is 40.4 Å². The highest BCUT2D eigenvalue weighted by Crippen LogP contribution is 2.46. The number of fused-ring (bicyclic) bond motifs is 2. The molecular formula is C17H23NO5S2Si. The lowest BCUT2D eigenvalue weighted by molar-refractivity contribution is 0.0612. The Labute approximate surface area is 161 Å². The minimum absolute atomic E-state index is 0.198. The molecular weight excluding hydrogens is 390 g/mol. The van der Waals surface area contributed by atoms with E-state index in [1.165, 1.54) is 0 Å². The molecule has 0 radical (unpaired) electrons. The molecule has 1 aliphatic rings. The summed E-state index contributed by atoms with van der Waals surface area (Å²) in [6.45, 7) is 9.19. The minimum Gasteiger partial charge on any atom is -0.373 e. The number of carbonyl (C=O) groups excluding carboxylic acids is 2. The lowest BCUT2D eigenvalue weighted by atomic mass is 9.98. The minimum atomic E-state index is -3.09. The van der Waals surface area contributed by atoms with E-state index in [0.29, 0.717) is 37.4 Å². The SMILES string of the molecule is CCO[Si](OCC)(OCC)C(CC)c1c2c(cc3ssc13)C(=O)NC2=O. The first-order valence-electron chi connectivity index (χ1n) is 8.85.